The third-order valence-corrected chi connectivity index (χ3v) is 19.3. The van der Waals surface area contributed by atoms with Gasteiger partial charge >= 0.3 is 0 Å². The molecule has 5 rings (SSSR count). The van der Waals surface area contributed by atoms with Crippen LogP contribution in [-0.4, -0.2) is 32.2 Å². The lowest BCUT2D eigenvalue weighted by Crippen LogP contribution is -2.21. The first-order valence-electron chi connectivity index (χ1n) is 6.63. The van der Waals surface area contributed by atoms with E-state index >= 15 is 0 Å². The van der Waals surface area contributed by atoms with Gasteiger partial charge in [0.25, 0.3) is 0 Å². The van der Waals surface area contributed by atoms with Crippen LogP contribution in [0.4, 0.5) is 0 Å². The summed E-state index contributed by atoms with van der Waals surface area (Å²) in [7, 11) is 0. The molecule has 0 amide bonds. The molecule has 2 unspecified atom stereocenters. The summed E-state index contributed by atoms with van der Waals surface area (Å²) < 4.78 is 10.9. The van der Waals surface area contributed by atoms with Crippen LogP contribution in [0.1, 0.15) is 0 Å². The standard InChI is InChI=1S/C12H10S10/c1-2-14-6-5(13-1)17-9(18-6)12-21-10-11(22-12)20-8-7(19-10)15-3-4-16-8/h7-8H,1-4H2. The molecule has 0 radical (unpaired) electrons. The predicted molar refractivity (Wildman–Crippen MR) is 124 cm³/mol. The van der Waals surface area contributed by atoms with Crippen molar-refractivity contribution in [2.75, 3.05) is 23.0 Å². The first kappa shape index (κ1) is 16.9. The Hall–Kier alpha value is 2.72. The van der Waals surface area contributed by atoms with Crippen molar-refractivity contribution in [3.05, 3.63) is 25.4 Å². The third kappa shape index (κ3) is 3.33. The molecule has 5 aliphatic heterocycles. The molecule has 0 saturated carbocycles. The summed E-state index contributed by atoms with van der Waals surface area (Å²) in [5.41, 5.74) is 0. The van der Waals surface area contributed by atoms with Gasteiger partial charge in [0.15, 0.2) is 0 Å². The second-order valence-electron chi connectivity index (χ2n) is 4.54. The Labute approximate surface area is 173 Å². The molecule has 0 aromatic heterocycles. The number of fused-ring (bicyclic) bond motifs is 1. The maximum atomic E-state index is 2.17. The van der Waals surface area contributed by atoms with Crippen molar-refractivity contribution in [1.29, 1.82) is 0 Å². The fourth-order valence-corrected chi connectivity index (χ4v) is 19.1. The Kier molecular flexibility index (Phi) is 5.66. The predicted octanol–water partition coefficient (Wildman–Crippen LogP) is 7.42. The van der Waals surface area contributed by atoms with Crippen LogP contribution < -0.4 is 0 Å². The van der Waals surface area contributed by atoms with E-state index in [-0.39, 0.29) is 0 Å². The molecule has 5 aliphatic rings. The van der Waals surface area contributed by atoms with Crippen LogP contribution in [0.25, 0.3) is 0 Å². The first-order valence-corrected chi connectivity index (χ1v) is 15.7. The van der Waals surface area contributed by atoms with Crippen molar-refractivity contribution in [3.8, 4) is 0 Å². The van der Waals surface area contributed by atoms with Gasteiger partial charge in [-0.3, -0.25) is 0 Å². The average Bonchev–Trinajstić information content (AvgIpc) is 3.15. The van der Waals surface area contributed by atoms with E-state index in [4.69, 9.17) is 0 Å². The summed E-state index contributed by atoms with van der Waals surface area (Å²) in [4.78, 5) is 0. The molecular formula is C12H10S10. The van der Waals surface area contributed by atoms with Gasteiger partial charge in [0, 0.05) is 23.0 Å². The van der Waals surface area contributed by atoms with Crippen LogP contribution in [0, 0.1) is 0 Å². The molecule has 1 saturated heterocycles. The fourth-order valence-electron chi connectivity index (χ4n) is 2.18. The van der Waals surface area contributed by atoms with Crippen molar-refractivity contribution >= 4 is 118 Å². The lowest BCUT2D eigenvalue weighted by Gasteiger charge is -2.32. The Bertz CT molecular complexity index is 557. The van der Waals surface area contributed by atoms with Gasteiger partial charge in [0.1, 0.15) is 0 Å². The number of rotatable bonds is 0. The van der Waals surface area contributed by atoms with Gasteiger partial charge < -0.3 is 0 Å². The molecule has 1 fully saturated rings. The van der Waals surface area contributed by atoms with Crippen LogP contribution in [0.2, 0.25) is 0 Å². The smallest absolute Gasteiger partial charge is 0.0769 e. The maximum absolute atomic E-state index is 2.17. The molecule has 0 nitrogen and oxygen atoms in total. The minimum atomic E-state index is 0.765. The molecule has 0 spiro atoms. The summed E-state index contributed by atoms with van der Waals surface area (Å²) in [6, 6.07) is 0. The molecule has 0 aliphatic carbocycles. The summed E-state index contributed by atoms with van der Waals surface area (Å²) in [6.45, 7) is 0. The van der Waals surface area contributed by atoms with E-state index in [0.717, 1.165) is 9.16 Å². The Morgan fingerprint density at radius 3 is 1.45 bits per heavy atom. The molecule has 2 atom stereocenters. The van der Waals surface area contributed by atoms with Gasteiger partial charge in [-0.15, -0.1) is 70.6 Å². The van der Waals surface area contributed by atoms with Gasteiger partial charge in [-0.1, -0.05) is 47.0 Å². The molecular weight excluding hydrogens is 465 g/mol. The number of hydrogen-bond donors (Lipinski definition) is 0. The van der Waals surface area contributed by atoms with Crippen LogP contribution in [0.3, 0.4) is 0 Å². The van der Waals surface area contributed by atoms with Crippen LogP contribution in [0.15, 0.2) is 25.4 Å². The molecule has 0 bridgehead atoms. The summed E-state index contributed by atoms with van der Waals surface area (Å²) >= 11 is 20.9. The number of hydrogen-bond acceptors (Lipinski definition) is 10. The average molecular weight is 475 g/mol. The Morgan fingerprint density at radius 1 is 0.500 bits per heavy atom. The monoisotopic (exact) mass is 474 g/mol. The second-order valence-corrected chi connectivity index (χ2v) is 17.8. The largest absolute Gasteiger partial charge is 0.144 e. The van der Waals surface area contributed by atoms with Crippen LogP contribution in [0.5, 0.6) is 0 Å². The molecule has 0 aromatic carbocycles. The highest BCUT2D eigenvalue weighted by Gasteiger charge is 2.40. The van der Waals surface area contributed by atoms with Gasteiger partial charge in [-0.05, 0) is 0 Å². The van der Waals surface area contributed by atoms with Crippen molar-refractivity contribution in [3.63, 3.8) is 0 Å². The van der Waals surface area contributed by atoms with E-state index in [1.165, 1.54) is 23.0 Å². The minimum Gasteiger partial charge on any atom is -0.144 e. The van der Waals surface area contributed by atoms with E-state index < -0.39 is 0 Å². The van der Waals surface area contributed by atoms with Crippen molar-refractivity contribution in [2.24, 2.45) is 0 Å². The zero-order valence-corrected chi connectivity index (χ0v) is 19.2. The molecule has 118 valence electrons. The highest BCUT2D eigenvalue weighted by Crippen LogP contribution is 2.70. The minimum absolute atomic E-state index is 0.765. The molecule has 5 heterocycles. The number of thioether (sulfide) groups is 10. The van der Waals surface area contributed by atoms with Crippen molar-refractivity contribution < 1.29 is 0 Å². The lowest BCUT2D eigenvalue weighted by atomic mass is 10.9. The topological polar surface area (TPSA) is 0 Å². The van der Waals surface area contributed by atoms with E-state index in [1.807, 2.05) is 47.0 Å². The zero-order valence-electron chi connectivity index (χ0n) is 11.1. The molecule has 10 heteroatoms. The van der Waals surface area contributed by atoms with E-state index in [9.17, 15) is 0 Å². The lowest BCUT2D eigenvalue weighted by molar-refractivity contribution is 1.30. The van der Waals surface area contributed by atoms with E-state index in [0.29, 0.717) is 0 Å². The van der Waals surface area contributed by atoms with Crippen molar-refractivity contribution in [1.82, 2.24) is 0 Å². The normalized spacial score (nSPS) is 34.9. The third-order valence-electron chi connectivity index (χ3n) is 3.11. The highest BCUT2D eigenvalue weighted by molar-refractivity contribution is 8.47. The van der Waals surface area contributed by atoms with Gasteiger partial charge in [0.2, 0.25) is 0 Å². The molecule has 0 aromatic rings. The summed E-state index contributed by atoms with van der Waals surface area (Å²) in [5.74, 6) is 5.20. The quantitative estimate of drug-likeness (QED) is 0.346. The Balaban J connectivity index is 1.34. The molecule has 22 heavy (non-hydrogen) atoms. The van der Waals surface area contributed by atoms with Gasteiger partial charge in [-0.2, -0.15) is 0 Å². The Morgan fingerprint density at radius 2 is 0.955 bits per heavy atom. The molecule has 0 N–H and O–H groups in total. The van der Waals surface area contributed by atoms with Crippen LogP contribution in [-0.2, 0) is 0 Å². The summed E-state index contributed by atoms with van der Waals surface area (Å²) in [6.07, 6.45) is 0. The van der Waals surface area contributed by atoms with Gasteiger partial charge in [-0.25, -0.2) is 0 Å². The summed E-state index contributed by atoms with van der Waals surface area (Å²) in [5, 5.41) is 0. The van der Waals surface area contributed by atoms with Crippen LogP contribution >= 0.6 is 118 Å². The van der Waals surface area contributed by atoms with E-state index in [2.05, 4.69) is 70.6 Å². The van der Waals surface area contributed by atoms with Gasteiger partial charge in [0.05, 0.1) is 34.6 Å². The maximum Gasteiger partial charge on any atom is 0.0769 e. The zero-order chi connectivity index (χ0) is 14.5. The highest BCUT2D eigenvalue weighted by atomic mass is 32.3. The van der Waals surface area contributed by atoms with Crippen molar-refractivity contribution in [2.45, 2.75) is 9.16 Å². The first-order chi connectivity index (χ1) is 10.9. The van der Waals surface area contributed by atoms with E-state index in [1.54, 1.807) is 25.4 Å². The second kappa shape index (κ2) is 7.38. The SMILES string of the molecule is C1CSC2=C(S1)SC(=C1SC3=C(S1)SC1SCCSC1S3)S2. The fraction of sp³-hybridized carbons (Fsp3) is 0.500.